The summed E-state index contributed by atoms with van der Waals surface area (Å²) < 4.78 is 5.40. The maximum Gasteiger partial charge on any atom is 0.220 e. The van der Waals surface area contributed by atoms with Crippen LogP contribution in [0.1, 0.15) is 98.3 Å². The summed E-state index contributed by atoms with van der Waals surface area (Å²) in [6.45, 7) is 9.04. The van der Waals surface area contributed by atoms with Gasteiger partial charge in [-0.1, -0.05) is 84.8 Å². The molecule has 1 N–H and O–H groups in total. The van der Waals surface area contributed by atoms with Gasteiger partial charge in [0.2, 0.25) is 5.91 Å². The SMILES string of the molecule is CC(=O)CCOC[C@@H](C)NC(=O)CCC/C=C\C/C=C\C/C=C\C/C=C\CC(C)(C)CCCCBr. The second-order valence-corrected chi connectivity index (χ2v) is 10.8. The number of ketones is 1. The van der Waals surface area contributed by atoms with Crippen LogP contribution in [-0.2, 0) is 14.3 Å². The van der Waals surface area contributed by atoms with Gasteiger partial charge in [0.1, 0.15) is 5.78 Å². The normalized spacial score (nSPS) is 13.5. The van der Waals surface area contributed by atoms with E-state index in [2.05, 4.69) is 83.7 Å². The predicted octanol–water partition coefficient (Wildman–Crippen LogP) is 8.03. The molecule has 0 aliphatic rings. The third kappa shape index (κ3) is 25.4. The molecule has 0 saturated carbocycles. The monoisotopic (exact) mass is 551 g/mol. The number of hydrogen-bond acceptors (Lipinski definition) is 3. The summed E-state index contributed by atoms with van der Waals surface area (Å²) in [7, 11) is 0. The van der Waals surface area contributed by atoms with Crippen LogP contribution in [0.5, 0.6) is 0 Å². The van der Waals surface area contributed by atoms with Crippen LogP contribution in [0.25, 0.3) is 0 Å². The fourth-order valence-corrected chi connectivity index (χ4v) is 3.78. The van der Waals surface area contributed by atoms with Gasteiger partial charge in [-0.05, 0) is 70.6 Å². The van der Waals surface area contributed by atoms with Crippen molar-refractivity contribution in [3.05, 3.63) is 48.6 Å². The zero-order valence-corrected chi connectivity index (χ0v) is 24.3. The minimum Gasteiger partial charge on any atom is -0.379 e. The van der Waals surface area contributed by atoms with E-state index in [0.29, 0.717) is 31.5 Å². The van der Waals surface area contributed by atoms with Crippen LogP contribution < -0.4 is 5.32 Å². The number of halogens is 1. The third-order valence-electron chi connectivity index (χ3n) is 5.54. The highest BCUT2D eigenvalue weighted by atomic mass is 79.9. The summed E-state index contributed by atoms with van der Waals surface area (Å²) in [4.78, 5) is 22.8. The van der Waals surface area contributed by atoms with Crippen LogP contribution >= 0.6 is 15.9 Å². The molecule has 0 aromatic carbocycles. The molecular formula is C30H50BrNO3. The molecule has 0 unspecified atom stereocenters. The molecule has 0 aliphatic carbocycles. The number of amides is 1. The van der Waals surface area contributed by atoms with Crippen LogP contribution in [0.4, 0.5) is 0 Å². The van der Waals surface area contributed by atoms with Gasteiger partial charge in [0, 0.05) is 24.2 Å². The van der Waals surface area contributed by atoms with Crippen molar-refractivity contribution in [3.8, 4) is 0 Å². The molecule has 0 fully saturated rings. The zero-order valence-electron chi connectivity index (χ0n) is 22.7. The number of rotatable bonds is 22. The standard InChI is InChI=1S/C30H50BrNO3/c1-27(26-35-25-21-28(2)33)32-29(34)20-16-14-12-10-8-6-5-7-9-11-13-15-17-22-30(3,4)23-18-19-24-31/h5-6,9-12,15,17,27H,7-8,13-14,16,18-26H2,1-4H3,(H,32,34)/b6-5-,11-9-,12-10-,17-15-/t27-/m1/s1. The number of Topliss-reactive ketones (excluding diaryl/α,β-unsaturated/α-hetero) is 1. The first-order valence-electron chi connectivity index (χ1n) is 13.3. The molecule has 0 heterocycles. The molecule has 0 aromatic rings. The maximum atomic E-state index is 11.9. The first-order chi connectivity index (χ1) is 16.8. The summed E-state index contributed by atoms with van der Waals surface area (Å²) in [6.07, 6.45) is 28.3. The molecular weight excluding hydrogens is 502 g/mol. The number of carbonyl (C=O) groups is 2. The molecule has 200 valence electrons. The highest BCUT2D eigenvalue weighted by Gasteiger charge is 2.14. The van der Waals surface area contributed by atoms with E-state index in [1.807, 2.05) is 6.92 Å². The summed E-state index contributed by atoms with van der Waals surface area (Å²) in [5.74, 6) is 0.170. The van der Waals surface area contributed by atoms with E-state index in [-0.39, 0.29) is 17.7 Å². The Morgan fingerprint density at radius 1 is 0.886 bits per heavy atom. The zero-order chi connectivity index (χ0) is 26.2. The van der Waals surface area contributed by atoms with Crippen LogP contribution in [0.2, 0.25) is 0 Å². The quantitative estimate of drug-likeness (QED) is 0.0840. The molecule has 1 atom stereocenters. The van der Waals surface area contributed by atoms with Gasteiger partial charge in [-0.3, -0.25) is 9.59 Å². The Morgan fingerprint density at radius 2 is 1.49 bits per heavy atom. The average molecular weight is 553 g/mol. The van der Waals surface area contributed by atoms with Crippen molar-refractivity contribution in [1.29, 1.82) is 0 Å². The van der Waals surface area contributed by atoms with Crippen molar-refractivity contribution < 1.29 is 14.3 Å². The second kappa shape index (κ2) is 23.0. The summed E-state index contributed by atoms with van der Waals surface area (Å²) >= 11 is 3.51. The van der Waals surface area contributed by atoms with Gasteiger partial charge < -0.3 is 10.1 Å². The lowest BCUT2D eigenvalue weighted by Gasteiger charge is -2.22. The number of ether oxygens (including phenoxy) is 1. The van der Waals surface area contributed by atoms with Gasteiger partial charge in [-0.25, -0.2) is 0 Å². The fourth-order valence-electron chi connectivity index (χ4n) is 3.38. The maximum absolute atomic E-state index is 11.9. The molecule has 0 radical (unpaired) electrons. The lowest BCUT2D eigenvalue weighted by molar-refractivity contribution is -0.122. The first kappa shape index (κ1) is 33.5. The molecule has 0 saturated heterocycles. The molecule has 1 amide bonds. The van der Waals surface area contributed by atoms with E-state index < -0.39 is 0 Å². The Morgan fingerprint density at radius 3 is 2.09 bits per heavy atom. The van der Waals surface area contributed by atoms with E-state index in [1.54, 1.807) is 6.92 Å². The molecule has 0 rings (SSSR count). The number of nitrogens with one attached hydrogen (secondary N) is 1. The van der Waals surface area contributed by atoms with Crippen molar-refractivity contribution in [2.24, 2.45) is 5.41 Å². The highest BCUT2D eigenvalue weighted by Crippen LogP contribution is 2.28. The summed E-state index contributed by atoms with van der Waals surface area (Å²) in [6, 6.07) is -0.0359. The number of unbranched alkanes of at least 4 members (excludes halogenated alkanes) is 2. The Bertz CT molecular complexity index is 665. The largest absolute Gasteiger partial charge is 0.379 e. The topological polar surface area (TPSA) is 55.4 Å². The minimum absolute atomic E-state index is 0.0359. The van der Waals surface area contributed by atoms with E-state index in [1.165, 1.54) is 19.3 Å². The second-order valence-electron chi connectivity index (χ2n) is 9.99. The van der Waals surface area contributed by atoms with Gasteiger partial charge in [0.15, 0.2) is 0 Å². The smallest absolute Gasteiger partial charge is 0.220 e. The molecule has 0 aromatic heterocycles. The number of hydrogen-bond donors (Lipinski definition) is 1. The number of carbonyl (C=O) groups excluding carboxylic acids is 2. The van der Waals surface area contributed by atoms with Crippen molar-refractivity contribution >= 4 is 27.6 Å². The Hall–Kier alpha value is -1.46. The fraction of sp³-hybridized carbons (Fsp3) is 0.667. The van der Waals surface area contributed by atoms with E-state index in [9.17, 15) is 9.59 Å². The molecule has 35 heavy (non-hydrogen) atoms. The van der Waals surface area contributed by atoms with Gasteiger partial charge in [-0.15, -0.1) is 0 Å². The Balaban J connectivity index is 3.70. The molecule has 0 aliphatic heterocycles. The van der Waals surface area contributed by atoms with Crippen LogP contribution in [0.15, 0.2) is 48.6 Å². The summed E-state index contributed by atoms with van der Waals surface area (Å²) in [5, 5.41) is 4.04. The summed E-state index contributed by atoms with van der Waals surface area (Å²) in [5.41, 5.74) is 0.400. The lowest BCUT2D eigenvalue weighted by Crippen LogP contribution is -2.35. The molecule has 5 heteroatoms. The van der Waals surface area contributed by atoms with Crippen LogP contribution in [0.3, 0.4) is 0 Å². The highest BCUT2D eigenvalue weighted by molar-refractivity contribution is 9.09. The van der Waals surface area contributed by atoms with Gasteiger partial charge in [0.25, 0.3) is 0 Å². The number of alkyl halides is 1. The number of allylic oxidation sites excluding steroid dienone is 8. The average Bonchev–Trinajstić information content (AvgIpc) is 2.79. The Labute approximate surface area is 223 Å². The van der Waals surface area contributed by atoms with Gasteiger partial charge in [-0.2, -0.15) is 0 Å². The van der Waals surface area contributed by atoms with Crippen molar-refractivity contribution in [2.75, 3.05) is 18.5 Å². The van der Waals surface area contributed by atoms with E-state index in [4.69, 9.17) is 4.74 Å². The van der Waals surface area contributed by atoms with Gasteiger partial charge in [0.05, 0.1) is 13.2 Å². The molecule has 0 bridgehead atoms. The Kier molecular flexibility index (Phi) is 22.0. The molecule has 0 spiro atoms. The van der Waals surface area contributed by atoms with Crippen molar-refractivity contribution in [2.45, 2.75) is 104 Å². The van der Waals surface area contributed by atoms with Crippen LogP contribution in [-0.4, -0.2) is 36.3 Å². The first-order valence-corrected chi connectivity index (χ1v) is 14.4. The van der Waals surface area contributed by atoms with Gasteiger partial charge >= 0.3 is 0 Å². The van der Waals surface area contributed by atoms with E-state index >= 15 is 0 Å². The van der Waals surface area contributed by atoms with Crippen molar-refractivity contribution in [1.82, 2.24) is 5.32 Å². The van der Waals surface area contributed by atoms with Crippen molar-refractivity contribution in [3.63, 3.8) is 0 Å². The van der Waals surface area contributed by atoms with E-state index in [0.717, 1.165) is 43.9 Å². The van der Waals surface area contributed by atoms with Crippen LogP contribution in [0, 0.1) is 5.41 Å². The minimum atomic E-state index is -0.0359. The third-order valence-corrected chi connectivity index (χ3v) is 6.10. The predicted molar refractivity (Wildman–Crippen MR) is 154 cm³/mol. The lowest BCUT2D eigenvalue weighted by atomic mass is 9.84. The molecule has 4 nitrogen and oxygen atoms in total.